The smallest absolute Gasteiger partial charge is 0.248 e. The van der Waals surface area contributed by atoms with Crippen molar-refractivity contribution in [2.24, 2.45) is 0 Å². The van der Waals surface area contributed by atoms with Gasteiger partial charge in [0.15, 0.2) is 0 Å². The van der Waals surface area contributed by atoms with Gasteiger partial charge < -0.3 is 10.3 Å². The van der Waals surface area contributed by atoms with Crippen molar-refractivity contribution in [1.82, 2.24) is 4.98 Å². The molecule has 0 saturated heterocycles. The van der Waals surface area contributed by atoms with E-state index in [-0.39, 0.29) is 11.6 Å². The lowest BCUT2D eigenvalue weighted by Gasteiger charge is -2.27. The fourth-order valence-electron chi connectivity index (χ4n) is 2.65. The molecule has 3 rings (SSSR count). The van der Waals surface area contributed by atoms with E-state index in [1.807, 2.05) is 12.1 Å². The van der Waals surface area contributed by atoms with Crippen molar-refractivity contribution in [1.29, 1.82) is 0 Å². The van der Waals surface area contributed by atoms with E-state index < -0.39 is 0 Å². The summed E-state index contributed by atoms with van der Waals surface area (Å²) in [4.78, 5) is 14.3. The van der Waals surface area contributed by atoms with E-state index in [0.29, 0.717) is 10.0 Å². The van der Waals surface area contributed by atoms with E-state index in [1.54, 1.807) is 18.2 Å². The van der Waals surface area contributed by atoms with E-state index in [4.69, 9.17) is 23.2 Å². The maximum absolute atomic E-state index is 11.4. The highest BCUT2D eigenvalue weighted by atomic mass is 35.5. The van der Waals surface area contributed by atoms with Gasteiger partial charge in [0.05, 0.1) is 16.8 Å². The zero-order valence-corrected chi connectivity index (χ0v) is 12.3. The van der Waals surface area contributed by atoms with Crippen LogP contribution in [0.4, 0.5) is 5.69 Å². The zero-order chi connectivity index (χ0) is 14.1. The minimum absolute atomic E-state index is 0.0508. The van der Waals surface area contributed by atoms with Gasteiger partial charge in [-0.25, -0.2) is 0 Å². The lowest BCUT2D eigenvalue weighted by Crippen LogP contribution is -2.21. The summed E-state index contributed by atoms with van der Waals surface area (Å²) < 4.78 is 0. The Labute approximate surface area is 126 Å². The van der Waals surface area contributed by atoms with Gasteiger partial charge in [0.1, 0.15) is 0 Å². The Morgan fingerprint density at radius 3 is 2.90 bits per heavy atom. The van der Waals surface area contributed by atoms with E-state index in [9.17, 15) is 4.79 Å². The third-order valence-electron chi connectivity index (χ3n) is 3.59. The molecule has 1 aromatic carbocycles. The molecule has 2 N–H and O–H groups in total. The van der Waals surface area contributed by atoms with Crippen LogP contribution in [0.15, 0.2) is 35.1 Å². The molecule has 0 bridgehead atoms. The molecule has 0 saturated carbocycles. The maximum Gasteiger partial charge on any atom is 0.248 e. The number of hydrogen-bond acceptors (Lipinski definition) is 2. The van der Waals surface area contributed by atoms with Crippen LogP contribution in [0, 0.1) is 0 Å². The van der Waals surface area contributed by atoms with Crippen LogP contribution < -0.4 is 10.9 Å². The zero-order valence-electron chi connectivity index (χ0n) is 10.7. The Morgan fingerprint density at radius 1 is 1.20 bits per heavy atom. The predicted molar refractivity (Wildman–Crippen MR) is 82.8 cm³/mol. The summed E-state index contributed by atoms with van der Waals surface area (Å²) in [5.41, 5.74) is 2.92. The monoisotopic (exact) mass is 308 g/mol. The molecule has 0 aliphatic heterocycles. The maximum atomic E-state index is 11.4. The van der Waals surface area contributed by atoms with Gasteiger partial charge in [0, 0.05) is 16.8 Å². The van der Waals surface area contributed by atoms with Crippen LogP contribution in [-0.2, 0) is 6.42 Å². The number of aromatic nitrogens is 1. The SMILES string of the molecule is O=c1ccc2c([nH]1)CCCC2Nc1cc(Cl)ccc1Cl. The van der Waals surface area contributed by atoms with Crippen molar-refractivity contribution in [3.05, 3.63) is 62.0 Å². The number of aryl methyl sites for hydroxylation is 1. The van der Waals surface area contributed by atoms with Crippen LogP contribution >= 0.6 is 23.2 Å². The first-order valence-corrected chi connectivity index (χ1v) is 7.33. The topological polar surface area (TPSA) is 44.9 Å². The van der Waals surface area contributed by atoms with Gasteiger partial charge in [-0.2, -0.15) is 0 Å². The van der Waals surface area contributed by atoms with Gasteiger partial charge in [0.2, 0.25) is 5.56 Å². The molecule has 0 spiro atoms. The Morgan fingerprint density at radius 2 is 2.05 bits per heavy atom. The summed E-state index contributed by atoms with van der Waals surface area (Å²) in [7, 11) is 0. The summed E-state index contributed by atoms with van der Waals surface area (Å²) in [5, 5.41) is 4.72. The molecule has 5 heteroatoms. The predicted octanol–water partition coefficient (Wildman–Crippen LogP) is 4.17. The molecule has 20 heavy (non-hydrogen) atoms. The first-order chi connectivity index (χ1) is 9.63. The largest absolute Gasteiger partial charge is 0.377 e. The Bertz CT molecular complexity index is 697. The molecule has 1 atom stereocenters. The number of benzene rings is 1. The van der Waals surface area contributed by atoms with Crippen LogP contribution in [0.25, 0.3) is 0 Å². The van der Waals surface area contributed by atoms with Crippen molar-refractivity contribution in [3.8, 4) is 0 Å². The summed E-state index contributed by atoms with van der Waals surface area (Å²) in [6.45, 7) is 0. The standard InChI is InChI=1S/C15H14Cl2N2O/c16-9-4-6-11(17)14(8-9)18-12-2-1-3-13-10(12)5-7-15(20)19-13/h4-8,12,18H,1-3H2,(H,19,20). The van der Waals surface area contributed by atoms with Crippen molar-refractivity contribution in [2.45, 2.75) is 25.3 Å². The molecule has 3 nitrogen and oxygen atoms in total. The highest BCUT2D eigenvalue weighted by molar-refractivity contribution is 6.35. The van der Waals surface area contributed by atoms with Crippen LogP contribution in [0.3, 0.4) is 0 Å². The second kappa shape index (κ2) is 5.51. The molecule has 1 aliphatic carbocycles. The quantitative estimate of drug-likeness (QED) is 0.874. The summed E-state index contributed by atoms with van der Waals surface area (Å²) >= 11 is 12.2. The van der Waals surface area contributed by atoms with Gasteiger partial charge in [-0.05, 0) is 49.1 Å². The van der Waals surface area contributed by atoms with Crippen LogP contribution in [0.5, 0.6) is 0 Å². The number of nitrogens with one attached hydrogen (secondary N) is 2. The van der Waals surface area contributed by atoms with Crippen molar-refractivity contribution in [3.63, 3.8) is 0 Å². The van der Waals surface area contributed by atoms with Crippen molar-refractivity contribution in [2.75, 3.05) is 5.32 Å². The third kappa shape index (κ3) is 2.69. The van der Waals surface area contributed by atoms with E-state index in [0.717, 1.165) is 36.2 Å². The summed E-state index contributed by atoms with van der Waals surface area (Å²) in [6, 6.07) is 8.97. The number of hydrogen-bond donors (Lipinski definition) is 2. The minimum atomic E-state index is -0.0508. The number of fused-ring (bicyclic) bond motifs is 1. The third-order valence-corrected chi connectivity index (χ3v) is 4.15. The number of rotatable bonds is 2. The van der Waals surface area contributed by atoms with E-state index >= 15 is 0 Å². The molecule has 1 aromatic heterocycles. The molecule has 1 unspecified atom stereocenters. The first kappa shape index (κ1) is 13.5. The Hall–Kier alpha value is -1.45. The fraction of sp³-hybridized carbons (Fsp3) is 0.267. The molecule has 0 radical (unpaired) electrons. The lowest BCUT2D eigenvalue weighted by atomic mass is 9.91. The first-order valence-electron chi connectivity index (χ1n) is 6.57. The number of anilines is 1. The molecule has 2 aromatic rings. The second-order valence-corrected chi connectivity index (χ2v) is 5.81. The summed E-state index contributed by atoms with van der Waals surface area (Å²) in [5.74, 6) is 0. The highest BCUT2D eigenvalue weighted by Gasteiger charge is 2.21. The number of pyridine rings is 1. The van der Waals surface area contributed by atoms with Gasteiger partial charge in [0.25, 0.3) is 0 Å². The summed E-state index contributed by atoms with van der Waals surface area (Å²) in [6.07, 6.45) is 2.94. The van der Waals surface area contributed by atoms with E-state index in [1.165, 1.54) is 0 Å². The lowest BCUT2D eigenvalue weighted by molar-refractivity contribution is 0.587. The second-order valence-electron chi connectivity index (χ2n) is 4.97. The number of H-pyrrole nitrogens is 1. The normalized spacial score (nSPS) is 17.6. The van der Waals surface area contributed by atoms with E-state index in [2.05, 4.69) is 10.3 Å². The van der Waals surface area contributed by atoms with Crippen molar-refractivity contribution >= 4 is 28.9 Å². The number of halogens is 2. The van der Waals surface area contributed by atoms with Crippen LogP contribution in [0.1, 0.15) is 30.1 Å². The van der Waals surface area contributed by atoms with Gasteiger partial charge in [-0.3, -0.25) is 4.79 Å². The van der Waals surface area contributed by atoms with Gasteiger partial charge >= 0.3 is 0 Å². The van der Waals surface area contributed by atoms with Crippen LogP contribution in [0.2, 0.25) is 10.0 Å². The average molecular weight is 309 g/mol. The molecule has 1 aliphatic rings. The van der Waals surface area contributed by atoms with Crippen molar-refractivity contribution < 1.29 is 0 Å². The molecule has 104 valence electrons. The Balaban J connectivity index is 1.93. The average Bonchev–Trinajstić information content (AvgIpc) is 2.43. The van der Waals surface area contributed by atoms with Gasteiger partial charge in [-0.15, -0.1) is 0 Å². The molecule has 0 fully saturated rings. The molecule has 0 amide bonds. The molecular weight excluding hydrogens is 295 g/mol. The van der Waals surface area contributed by atoms with Crippen LogP contribution in [-0.4, -0.2) is 4.98 Å². The molecule has 1 heterocycles. The number of aromatic amines is 1. The Kier molecular flexibility index (Phi) is 3.72. The minimum Gasteiger partial charge on any atom is -0.377 e. The van der Waals surface area contributed by atoms with Gasteiger partial charge in [-0.1, -0.05) is 23.2 Å². The highest BCUT2D eigenvalue weighted by Crippen LogP contribution is 2.34. The molecular formula is C15H14Cl2N2O. The fourth-order valence-corrected chi connectivity index (χ4v) is 2.99.